The summed E-state index contributed by atoms with van der Waals surface area (Å²) < 4.78 is 55.6. The van der Waals surface area contributed by atoms with Crippen molar-refractivity contribution in [3.05, 3.63) is 59.3 Å². The second-order valence-electron chi connectivity index (χ2n) is 8.83. The van der Waals surface area contributed by atoms with E-state index in [2.05, 4.69) is 15.4 Å². The summed E-state index contributed by atoms with van der Waals surface area (Å²) in [5.41, 5.74) is 0.821. The van der Waals surface area contributed by atoms with E-state index in [9.17, 15) is 31.6 Å². The lowest BCUT2D eigenvalue weighted by molar-refractivity contribution is -0.125. The fraction of sp³-hybridized carbons (Fsp3) is 0.261. The van der Waals surface area contributed by atoms with Crippen LogP contribution in [0.4, 0.5) is 30.6 Å². The van der Waals surface area contributed by atoms with Gasteiger partial charge in [0.15, 0.2) is 0 Å². The van der Waals surface area contributed by atoms with Crippen LogP contribution >= 0.6 is 0 Å². The fourth-order valence-corrected chi connectivity index (χ4v) is 5.80. The Labute approximate surface area is 204 Å². The van der Waals surface area contributed by atoms with E-state index in [1.807, 2.05) is 0 Å². The Morgan fingerprint density at radius 3 is 2.50 bits per heavy atom. The largest absolute Gasteiger partial charge is 0.465 e. The van der Waals surface area contributed by atoms with Gasteiger partial charge in [-0.1, -0.05) is 6.42 Å². The van der Waals surface area contributed by atoms with Gasteiger partial charge in [0.2, 0.25) is 5.91 Å². The second-order valence-corrected chi connectivity index (χ2v) is 10.5. The van der Waals surface area contributed by atoms with Gasteiger partial charge in [-0.05, 0) is 42.7 Å². The molecule has 10 nitrogen and oxygen atoms in total. The first-order valence-electron chi connectivity index (χ1n) is 11.0. The number of amides is 3. The quantitative estimate of drug-likeness (QED) is 0.475. The average molecular weight is 518 g/mol. The predicted molar refractivity (Wildman–Crippen MR) is 124 cm³/mol. The minimum atomic E-state index is -4.46. The molecule has 1 fully saturated rings. The number of benzene rings is 2. The lowest BCUT2D eigenvalue weighted by Gasteiger charge is -2.36. The first-order chi connectivity index (χ1) is 17.0. The van der Waals surface area contributed by atoms with Crippen LogP contribution in [0.3, 0.4) is 0 Å². The van der Waals surface area contributed by atoms with Crippen LogP contribution in [0.2, 0.25) is 0 Å². The molecule has 0 saturated heterocycles. The summed E-state index contributed by atoms with van der Waals surface area (Å²) >= 11 is 0. The molecule has 13 heteroatoms. The number of halogens is 2. The number of imide groups is 1. The Bertz CT molecular complexity index is 1470. The molecule has 2 aromatic carbocycles. The van der Waals surface area contributed by atoms with Crippen molar-refractivity contribution < 1.29 is 36.7 Å². The Morgan fingerprint density at radius 1 is 1.14 bits per heavy atom. The van der Waals surface area contributed by atoms with Crippen molar-refractivity contribution in [2.45, 2.75) is 36.0 Å². The number of hydrogen-bond acceptors (Lipinski definition) is 6. The van der Waals surface area contributed by atoms with E-state index in [-0.39, 0.29) is 30.2 Å². The molecule has 2 heterocycles. The Hall–Kier alpha value is -4.00. The highest BCUT2D eigenvalue weighted by Crippen LogP contribution is 2.54. The molecule has 0 radical (unpaired) electrons. The number of fused-ring (bicyclic) bond motifs is 2. The molecule has 0 atom stereocenters. The van der Waals surface area contributed by atoms with Crippen LogP contribution in [0, 0.1) is 11.6 Å². The molecular weight excluding hydrogens is 498 g/mol. The lowest BCUT2D eigenvalue weighted by Crippen LogP contribution is -2.40. The van der Waals surface area contributed by atoms with Crippen LogP contribution in [0.25, 0.3) is 0 Å². The number of carbonyl (C=O) groups is 3. The second kappa shape index (κ2) is 8.29. The number of nitrogens with zero attached hydrogens (tertiary/aromatic N) is 1. The summed E-state index contributed by atoms with van der Waals surface area (Å²) in [6.45, 7) is -0.0817. The fourth-order valence-electron chi connectivity index (χ4n) is 4.70. The first-order valence-corrected chi connectivity index (χ1v) is 12.5. The minimum Gasteiger partial charge on any atom is -0.465 e. The molecular formula is C23H20F2N4O6S. The van der Waals surface area contributed by atoms with Crippen molar-refractivity contribution in [2.24, 2.45) is 0 Å². The monoisotopic (exact) mass is 518 g/mol. The van der Waals surface area contributed by atoms with E-state index in [4.69, 9.17) is 5.11 Å². The number of anilines is 3. The third-order valence-electron chi connectivity index (χ3n) is 6.66. The molecule has 0 aromatic heterocycles. The van der Waals surface area contributed by atoms with Gasteiger partial charge in [-0.15, -0.1) is 0 Å². The van der Waals surface area contributed by atoms with Crippen LogP contribution < -0.4 is 15.4 Å². The number of carbonyl (C=O) groups excluding carboxylic acids is 2. The third kappa shape index (κ3) is 3.85. The van der Waals surface area contributed by atoms with Gasteiger partial charge in [0.05, 0.1) is 22.5 Å². The highest BCUT2D eigenvalue weighted by Gasteiger charge is 2.52. The molecule has 3 aliphatic rings. The van der Waals surface area contributed by atoms with Gasteiger partial charge in [-0.2, -0.15) is 0 Å². The highest BCUT2D eigenvalue weighted by atomic mass is 32.2. The number of hydrogen-bond donors (Lipinski definition) is 4. The van der Waals surface area contributed by atoms with Gasteiger partial charge < -0.3 is 15.7 Å². The maximum Gasteiger partial charge on any atom is 0.414 e. The average Bonchev–Trinajstić information content (AvgIpc) is 3.05. The maximum atomic E-state index is 14.2. The normalized spacial score (nSPS) is 18.3. The SMILES string of the molecule is O=C(O)N1CCC(Nc2cc(NS(=O)(=O)c3ccc(F)cc3F)cc3c2NC(=O)C32CCC2)=CC1=O. The van der Waals surface area contributed by atoms with Crippen molar-refractivity contribution in [3.8, 4) is 0 Å². The Kier molecular flexibility index (Phi) is 5.47. The van der Waals surface area contributed by atoms with Gasteiger partial charge in [-0.3, -0.25) is 14.3 Å². The number of carboxylic acid groups (broad SMARTS) is 1. The van der Waals surface area contributed by atoms with Gasteiger partial charge >= 0.3 is 6.09 Å². The number of sulfonamides is 1. The smallest absolute Gasteiger partial charge is 0.414 e. The predicted octanol–water partition coefficient (Wildman–Crippen LogP) is 3.35. The van der Waals surface area contributed by atoms with Gasteiger partial charge in [0, 0.05) is 30.8 Å². The van der Waals surface area contributed by atoms with E-state index in [1.54, 1.807) is 0 Å². The molecule has 36 heavy (non-hydrogen) atoms. The van der Waals surface area contributed by atoms with Crippen molar-refractivity contribution in [1.82, 2.24) is 4.90 Å². The molecule has 0 unspecified atom stereocenters. The number of rotatable bonds is 5. The summed E-state index contributed by atoms with van der Waals surface area (Å²) in [6, 6.07) is 4.98. The molecule has 1 saturated carbocycles. The van der Waals surface area contributed by atoms with Gasteiger partial charge in [0.25, 0.3) is 15.9 Å². The molecule has 0 bridgehead atoms. The van der Waals surface area contributed by atoms with E-state index in [1.165, 1.54) is 12.1 Å². The molecule has 2 aromatic rings. The topological polar surface area (TPSA) is 145 Å². The zero-order chi connectivity index (χ0) is 25.8. The summed E-state index contributed by atoms with van der Waals surface area (Å²) in [5.74, 6) is -3.16. The minimum absolute atomic E-state index is 0.0256. The molecule has 4 N–H and O–H groups in total. The third-order valence-corrected chi connectivity index (χ3v) is 8.08. The van der Waals surface area contributed by atoms with Gasteiger partial charge in [-0.25, -0.2) is 26.9 Å². The van der Waals surface area contributed by atoms with Crippen LogP contribution in [0.5, 0.6) is 0 Å². The lowest BCUT2D eigenvalue weighted by atomic mass is 9.65. The van der Waals surface area contributed by atoms with Crippen molar-refractivity contribution in [2.75, 3.05) is 21.9 Å². The van der Waals surface area contributed by atoms with E-state index >= 15 is 0 Å². The summed E-state index contributed by atoms with van der Waals surface area (Å²) in [7, 11) is -4.46. The van der Waals surface area contributed by atoms with E-state index in [0.717, 1.165) is 24.6 Å². The maximum absolute atomic E-state index is 14.2. The van der Waals surface area contributed by atoms with Gasteiger partial charge in [0.1, 0.15) is 16.5 Å². The standard InChI is InChI=1S/C23H20F2N4O6S/c24-12-2-3-18(16(25)8-12)36(34,35)28-14-9-15-20(27-21(31)23(15)5-1-6-23)17(10-14)26-13-4-7-29(22(32)33)19(30)11-13/h2-3,8-11,26,28H,1,4-7H2,(H,27,31)(H,32,33). The number of nitrogens with one attached hydrogen (secondary N) is 3. The molecule has 188 valence electrons. The molecule has 1 aliphatic carbocycles. The Morgan fingerprint density at radius 2 is 1.89 bits per heavy atom. The van der Waals surface area contributed by atoms with Crippen LogP contribution in [-0.4, -0.2) is 42.9 Å². The highest BCUT2D eigenvalue weighted by molar-refractivity contribution is 7.92. The van der Waals surface area contributed by atoms with Crippen LogP contribution in [0.1, 0.15) is 31.2 Å². The van der Waals surface area contributed by atoms with Crippen LogP contribution in [-0.2, 0) is 25.0 Å². The van der Waals surface area contributed by atoms with Crippen molar-refractivity contribution >= 4 is 45.0 Å². The zero-order valence-electron chi connectivity index (χ0n) is 18.6. The molecule has 5 rings (SSSR count). The summed E-state index contributed by atoms with van der Waals surface area (Å²) in [4.78, 5) is 36.1. The summed E-state index contributed by atoms with van der Waals surface area (Å²) in [5, 5.41) is 14.9. The molecule has 3 amide bonds. The first kappa shape index (κ1) is 23.7. The Balaban J connectivity index is 1.54. The molecule has 1 spiro atoms. The van der Waals surface area contributed by atoms with Crippen molar-refractivity contribution in [1.29, 1.82) is 0 Å². The molecule has 2 aliphatic heterocycles. The zero-order valence-corrected chi connectivity index (χ0v) is 19.4. The summed E-state index contributed by atoms with van der Waals surface area (Å²) in [6.07, 6.45) is 1.83. The van der Waals surface area contributed by atoms with Crippen molar-refractivity contribution in [3.63, 3.8) is 0 Å². The van der Waals surface area contributed by atoms with E-state index in [0.29, 0.717) is 40.8 Å². The van der Waals surface area contributed by atoms with E-state index < -0.39 is 44.0 Å². The van der Waals surface area contributed by atoms with Crippen LogP contribution in [0.15, 0.2) is 47.0 Å².